The van der Waals surface area contributed by atoms with E-state index in [1.54, 1.807) is 0 Å². The number of hydrogen-bond acceptors (Lipinski definition) is 7. The van der Waals surface area contributed by atoms with Crippen LogP contribution in [0, 0.1) is 0 Å². The number of ether oxygens (including phenoxy) is 1. The van der Waals surface area contributed by atoms with Crippen LogP contribution in [-0.2, 0) is 9.53 Å². The third-order valence-corrected chi connectivity index (χ3v) is 2.32. The molecule has 0 fully saturated rings. The van der Waals surface area contributed by atoms with Gasteiger partial charge in [0.2, 0.25) is 0 Å². The van der Waals surface area contributed by atoms with Crippen molar-refractivity contribution in [1.82, 2.24) is 15.3 Å². The largest absolute Gasteiger partial charge is 0.467 e. The highest BCUT2D eigenvalue weighted by Gasteiger charge is 2.24. The molecule has 1 atom stereocenters. The molecule has 0 aliphatic rings. The molecule has 0 saturated heterocycles. The zero-order valence-electron chi connectivity index (χ0n) is 9.38. The maximum absolute atomic E-state index is 11.8. The number of nitrogen functional groups attached to an aromatic ring is 1. The summed E-state index contributed by atoms with van der Waals surface area (Å²) in [6.45, 7) is -0.621. The number of methoxy groups -OCH3 is 1. The molecule has 98 valence electrons. The summed E-state index contributed by atoms with van der Waals surface area (Å²) >= 11 is 5.69. The maximum Gasteiger partial charge on any atom is 0.330 e. The molecule has 4 N–H and O–H groups in total. The number of anilines is 1. The van der Waals surface area contributed by atoms with Gasteiger partial charge in [-0.15, -0.1) is 0 Å². The molecule has 1 aromatic rings. The number of esters is 1. The average molecular weight is 275 g/mol. The molecule has 1 heterocycles. The number of amides is 1. The summed E-state index contributed by atoms with van der Waals surface area (Å²) in [5.74, 6) is -1.70. The summed E-state index contributed by atoms with van der Waals surface area (Å²) in [5.41, 5.74) is 5.31. The summed E-state index contributed by atoms with van der Waals surface area (Å²) in [5, 5.41) is 11.0. The molecule has 1 rings (SSSR count). The van der Waals surface area contributed by atoms with Gasteiger partial charge in [0.1, 0.15) is 22.9 Å². The number of rotatable bonds is 4. The molecule has 0 radical (unpaired) electrons. The Labute approximate surface area is 107 Å². The van der Waals surface area contributed by atoms with Crippen molar-refractivity contribution in [3.8, 4) is 0 Å². The summed E-state index contributed by atoms with van der Waals surface area (Å²) in [6.07, 6.45) is 1.10. The van der Waals surface area contributed by atoms with Crippen molar-refractivity contribution in [1.29, 1.82) is 0 Å². The third kappa shape index (κ3) is 3.05. The average Bonchev–Trinajstić information content (AvgIpc) is 2.34. The second-order valence-electron chi connectivity index (χ2n) is 3.16. The van der Waals surface area contributed by atoms with Gasteiger partial charge in [-0.2, -0.15) is 0 Å². The molecular formula is C9H11ClN4O4. The van der Waals surface area contributed by atoms with Gasteiger partial charge >= 0.3 is 5.97 Å². The Morgan fingerprint density at radius 2 is 2.28 bits per heavy atom. The van der Waals surface area contributed by atoms with Gasteiger partial charge in [-0.3, -0.25) is 4.79 Å². The number of aromatic nitrogens is 2. The van der Waals surface area contributed by atoms with Gasteiger partial charge in [0.15, 0.2) is 6.04 Å². The number of aliphatic hydroxyl groups is 1. The SMILES string of the molecule is COC(=O)C(CO)NC(=O)c1c(N)ncnc1Cl. The summed E-state index contributed by atoms with van der Waals surface area (Å²) in [4.78, 5) is 30.2. The summed E-state index contributed by atoms with van der Waals surface area (Å²) < 4.78 is 4.39. The van der Waals surface area contributed by atoms with Crippen LogP contribution in [0.3, 0.4) is 0 Å². The molecule has 1 aromatic heterocycles. The Morgan fingerprint density at radius 3 is 2.78 bits per heavy atom. The van der Waals surface area contributed by atoms with E-state index in [4.69, 9.17) is 22.4 Å². The summed E-state index contributed by atoms with van der Waals surface area (Å²) in [7, 11) is 1.13. The molecular weight excluding hydrogens is 264 g/mol. The van der Waals surface area contributed by atoms with Crippen molar-refractivity contribution in [3.63, 3.8) is 0 Å². The van der Waals surface area contributed by atoms with Crippen molar-refractivity contribution in [2.75, 3.05) is 19.5 Å². The molecule has 0 aliphatic carbocycles. The predicted molar refractivity (Wildman–Crippen MR) is 61.8 cm³/mol. The van der Waals surface area contributed by atoms with E-state index in [0.29, 0.717) is 0 Å². The van der Waals surface area contributed by atoms with Crippen LogP contribution >= 0.6 is 11.6 Å². The van der Waals surface area contributed by atoms with Gasteiger partial charge in [0, 0.05) is 0 Å². The highest BCUT2D eigenvalue weighted by molar-refractivity contribution is 6.33. The fraction of sp³-hybridized carbons (Fsp3) is 0.333. The van der Waals surface area contributed by atoms with E-state index in [1.807, 2.05) is 0 Å². The number of carbonyl (C=O) groups is 2. The molecule has 1 amide bonds. The van der Waals surface area contributed by atoms with E-state index < -0.39 is 24.5 Å². The number of hydrogen-bond donors (Lipinski definition) is 3. The fourth-order valence-corrected chi connectivity index (χ4v) is 1.36. The Kier molecular flexibility index (Phi) is 4.81. The number of carbonyl (C=O) groups excluding carboxylic acids is 2. The first-order valence-corrected chi connectivity index (χ1v) is 5.14. The van der Waals surface area contributed by atoms with Crippen LogP contribution in [0.5, 0.6) is 0 Å². The van der Waals surface area contributed by atoms with E-state index in [0.717, 1.165) is 13.4 Å². The zero-order valence-corrected chi connectivity index (χ0v) is 10.1. The minimum absolute atomic E-state index is 0.131. The first-order chi connectivity index (χ1) is 8.51. The molecule has 0 aromatic carbocycles. The Morgan fingerprint density at radius 1 is 1.61 bits per heavy atom. The van der Waals surface area contributed by atoms with Gasteiger partial charge < -0.3 is 20.9 Å². The number of halogens is 1. The fourth-order valence-electron chi connectivity index (χ4n) is 1.14. The van der Waals surface area contributed by atoms with Crippen molar-refractivity contribution in [2.24, 2.45) is 0 Å². The number of nitrogens with two attached hydrogens (primary N) is 1. The van der Waals surface area contributed by atoms with E-state index in [2.05, 4.69) is 20.0 Å². The topological polar surface area (TPSA) is 127 Å². The molecule has 9 heteroatoms. The van der Waals surface area contributed by atoms with Crippen LogP contribution in [0.1, 0.15) is 10.4 Å². The van der Waals surface area contributed by atoms with Crippen molar-refractivity contribution < 1.29 is 19.4 Å². The molecule has 8 nitrogen and oxygen atoms in total. The lowest BCUT2D eigenvalue weighted by Gasteiger charge is -2.14. The van der Waals surface area contributed by atoms with Gasteiger partial charge in [-0.05, 0) is 0 Å². The van der Waals surface area contributed by atoms with Crippen LogP contribution < -0.4 is 11.1 Å². The van der Waals surface area contributed by atoms with E-state index in [-0.39, 0.29) is 16.5 Å². The second-order valence-corrected chi connectivity index (χ2v) is 3.51. The smallest absolute Gasteiger partial charge is 0.330 e. The lowest BCUT2D eigenvalue weighted by Crippen LogP contribution is -2.44. The quantitative estimate of drug-likeness (QED) is 0.473. The second kappa shape index (κ2) is 6.12. The monoisotopic (exact) mass is 274 g/mol. The van der Waals surface area contributed by atoms with Crippen LogP contribution in [0.25, 0.3) is 0 Å². The molecule has 18 heavy (non-hydrogen) atoms. The maximum atomic E-state index is 11.8. The number of aliphatic hydroxyl groups excluding tert-OH is 1. The Hall–Kier alpha value is -1.93. The minimum atomic E-state index is -1.21. The van der Waals surface area contributed by atoms with Gasteiger partial charge in [-0.25, -0.2) is 14.8 Å². The van der Waals surface area contributed by atoms with Crippen LogP contribution in [0.15, 0.2) is 6.33 Å². The number of nitrogens with zero attached hydrogens (tertiary/aromatic N) is 2. The predicted octanol–water partition coefficient (Wildman–Crippen LogP) is -1.02. The van der Waals surface area contributed by atoms with Crippen molar-refractivity contribution in [3.05, 3.63) is 17.0 Å². The normalized spacial score (nSPS) is 11.7. The van der Waals surface area contributed by atoms with Crippen molar-refractivity contribution in [2.45, 2.75) is 6.04 Å². The van der Waals surface area contributed by atoms with Crippen LogP contribution in [-0.4, -0.2) is 46.7 Å². The molecule has 1 unspecified atom stereocenters. The van der Waals surface area contributed by atoms with Gasteiger partial charge in [0.05, 0.1) is 13.7 Å². The van der Waals surface area contributed by atoms with E-state index >= 15 is 0 Å². The lowest BCUT2D eigenvalue weighted by molar-refractivity contribution is -0.143. The van der Waals surface area contributed by atoms with Crippen molar-refractivity contribution >= 4 is 29.3 Å². The Balaban J connectivity index is 2.91. The van der Waals surface area contributed by atoms with Crippen LogP contribution in [0.2, 0.25) is 5.15 Å². The van der Waals surface area contributed by atoms with E-state index in [1.165, 1.54) is 0 Å². The third-order valence-electron chi connectivity index (χ3n) is 2.03. The minimum Gasteiger partial charge on any atom is -0.467 e. The van der Waals surface area contributed by atoms with Gasteiger partial charge in [-0.1, -0.05) is 11.6 Å². The molecule has 0 saturated carbocycles. The standard InChI is InChI=1S/C9H11ClN4O4/c1-18-9(17)4(2-15)14-8(16)5-6(10)12-3-13-7(5)11/h3-4,15H,2H2,1H3,(H,14,16)(H2,11,12,13). The highest BCUT2D eigenvalue weighted by Crippen LogP contribution is 2.16. The molecule has 0 aliphatic heterocycles. The zero-order chi connectivity index (χ0) is 13.7. The Bertz CT molecular complexity index is 448. The highest BCUT2D eigenvalue weighted by atomic mass is 35.5. The lowest BCUT2D eigenvalue weighted by atomic mass is 10.2. The van der Waals surface area contributed by atoms with Crippen LogP contribution in [0.4, 0.5) is 5.82 Å². The van der Waals surface area contributed by atoms with Gasteiger partial charge in [0.25, 0.3) is 5.91 Å². The first-order valence-electron chi connectivity index (χ1n) is 4.76. The summed E-state index contributed by atoms with van der Waals surface area (Å²) in [6, 6.07) is -1.21. The molecule has 0 spiro atoms. The number of nitrogens with one attached hydrogen (secondary N) is 1. The van der Waals surface area contributed by atoms with E-state index in [9.17, 15) is 9.59 Å². The molecule has 0 bridgehead atoms. The first kappa shape index (κ1) is 14.1.